The van der Waals surface area contributed by atoms with Gasteiger partial charge in [-0.05, 0) is 62.1 Å². The van der Waals surface area contributed by atoms with E-state index < -0.39 is 11.9 Å². The maximum atomic E-state index is 11.6. The van der Waals surface area contributed by atoms with Crippen LogP contribution in [0.15, 0.2) is 23.8 Å². The van der Waals surface area contributed by atoms with Crippen LogP contribution >= 0.6 is 0 Å². The molecule has 0 spiro atoms. The van der Waals surface area contributed by atoms with Crippen molar-refractivity contribution in [1.82, 2.24) is 4.90 Å². The van der Waals surface area contributed by atoms with Crippen LogP contribution in [-0.2, 0) is 9.59 Å². The minimum absolute atomic E-state index is 0. The molecule has 1 N–H and O–H groups in total. The van der Waals surface area contributed by atoms with Crippen molar-refractivity contribution in [2.45, 2.75) is 44.4 Å². The Morgan fingerprint density at radius 1 is 1.19 bits per heavy atom. The van der Waals surface area contributed by atoms with Crippen LogP contribution in [0.2, 0.25) is 0 Å². The van der Waals surface area contributed by atoms with Gasteiger partial charge in [-0.25, -0.2) is 4.79 Å². The summed E-state index contributed by atoms with van der Waals surface area (Å²) in [5.41, 5.74) is 3.85. The van der Waals surface area contributed by atoms with Gasteiger partial charge in [0, 0.05) is 18.7 Å². The number of methoxy groups -OCH3 is 1. The second-order valence-corrected chi connectivity index (χ2v) is 6.88. The number of amides is 1. The van der Waals surface area contributed by atoms with Crippen molar-refractivity contribution in [2.24, 2.45) is 0 Å². The number of benzene rings is 1. The van der Waals surface area contributed by atoms with Crippen LogP contribution in [-0.4, -0.2) is 71.6 Å². The average molecular weight is 367 g/mol. The zero-order valence-corrected chi connectivity index (χ0v) is 14.7. The molecule has 1 aliphatic heterocycles. The zero-order valence-electron chi connectivity index (χ0n) is 14.7. The summed E-state index contributed by atoms with van der Waals surface area (Å²) in [4.78, 5) is 23.8. The van der Waals surface area contributed by atoms with E-state index in [9.17, 15) is 9.59 Å². The van der Waals surface area contributed by atoms with Crippen LogP contribution in [0.1, 0.15) is 55.6 Å². The van der Waals surface area contributed by atoms with Crippen molar-refractivity contribution in [3.05, 3.63) is 34.9 Å². The van der Waals surface area contributed by atoms with Gasteiger partial charge in [-0.1, -0.05) is 17.7 Å². The second kappa shape index (κ2) is 9.58. The number of carbonyl (C=O) groups excluding carboxylic acids is 1. The first-order valence-corrected chi connectivity index (χ1v) is 8.98. The Balaban J connectivity index is 0.00000243. The number of allylic oxidation sites excluding steroid dienone is 1. The average Bonchev–Trinajstić information content (AvgIpc) is 3.14. The predicted octanol–water partition coefficient (Wildman–Crippen LogP) is 2.79. The van der Waals surface area contributed by atoms with E-state index in [1.807, 2.05) is 6.07 Å². The molecule has 0 unspecified atom stereocenters. The molecule has 1 amide bonds. The molecule has 1 aromatic carbocycles. The molecule has 0 aromatic heterocycles. The molecule has 136 valence electrons. The van der Waals surface area contributed by atoms with E-state index in [0.717, 1.165) is 24.2 Å². The van der Waals surface area contributed by atoms with Gasteiger partial charge in [-0.15, -0.1) is 0 Å². The molecule has 1 heterocycles. The van der Waals surface area contributed by atoms with E-state index in [0.29, 0.717) is 19.0 Å². The molecule has 2 fully saturated rings. The summed E-state index contributed by atoms with van der Waals surface area (Å²) in [6.07, 6.45) is 8.72. The van der Waals surface area contributed by atoms with Gasteiger partial charge in [0.2, 0.25) is 0 Å². The Morgan fingerprint density at radius 3 is 2.42 bits per heavy atom. The van der Waals surface area contributed by atoms with Crippen molar-refractivity contribution in [3.8, 4) is 5.75 Å². The Kier molecular flexibility index (Phi) is 7.74. The van der Waals surface area contributed by atoms with Gasteiger partial charge >= 0.3 is 41.4 Å². The molecule has 5 nitrogen and oxygen atoms in total. The molecule has 2 aliphatic rings. The third-order valence-corrected chi connectivity index (χ3v) is 5.30. The van der Waals surface area contributed by atoms with E-state index in [1.165, 1.54) is 41.7 Å². The molecule has 1 saturated heterocycles. The fourth-order valence-corrected chi connectivity index (χ4v) is 3.86. The van der Waals surface area contributed by atoms with Gasteiger partial charge in [0.05, 0.1) is 7.11 Å². The van der Waals surface area contributed by atoms with Crippen LogP contribution in [0.4, 0.5) is 0 Å². The van der Waals surface area contributed by atoms with Crippen molar-refractivity contribution >= 4 is 47.5 Å². The number of piperidine rings is 1. The van der Waals surface area contributed by atoms with Gasteiger partial charge in [-0.2, -0.15) is 0 Å². The number of ether oxygens (including phenoxy) is 1. The summed E-state index contributed by atoms with van der Waals surface area (Å²) < 4.78 is 5.51. The number of hydrogen-bond donors (Lipinski definition) is 1. The standard InChI is InChI=1S/C20H25NO4.Na.H/c1-25-18-7-6-16(13-17(18)12-14-4-2-3-5-14)15-8-10-21(11-9-15)19(22)20(23)24;;/h6-7,12-13,15H,2-5,8-11H2,1H3,(H,23,24);;. The van der Waals surface area contributed by atoms with Gasteiger partial charge in [0.1, 0.15) is 5.75 Å². The van der Waals surface area contributed by atoms with Crippen molar-refractivity contribution in [2.75, 3.05) is 20.2 Å². The number of carboxylic acid groups (broad SMARTS) is 1. The molecule has 0 atom stereocenters. The summed E-state index contributed by atoms with van der Waals surface area (Å²) in [7, 11) is 1.70. The number of carbonyl (C=O) groups is 2. The first-order valence-electron chi connectivity index (χ1n) is 8.98. The Morgan fingerprint density at radius 2 is 1.85 bits per heavy atom. The third-order valence-electron chi connectivity index (χ3n) is 5.30. The third kappa shape index (κ3) is 4.90. The second-order valence-electron chi connectivity index (χ2n) is 6.88. The van der Waals surface area contributed by atoms with Gasteiger partial charge in [-0.3, -0.25) is 4.79 Å². The van der Waals surface area contributed by atoms with Crippen LogP contribution in [0.25, 0.3) is 6.08 Å². The molecule has 1 aromatic rings. The molecular weight excluding hydrogens is 341 g/mol. The molecule has 1 aliphatic carbocycles. The Labute approximate surface area is 176 Å². The number of carboxylic acids is 1. The summed E-state index contributed by atoms with van der Waals surface area (Å²) >= 11 is 0. The molecule has 0 bridgehead atoms. The first kappa shape index (κ1) is 21.0. The zero-order chi connectivity index (χ0) is 17.8. The number of rotatable bonds is 3. The number of aliphatic carboxylic acids is 1. The van der Waals surface area contributed by atoms with Gasteiger partial charge < -0.3 is 14.7 Å². The van der Waals surface area contributed by atoms with Crippen molar-refractivity contribution in [1.29, 1.82) is 0 Å². The van der Waals surface area contributed by atoms with Crippen molar-refractivity contribution in [3.63, 3.8) is 0 Å². The van der Waals surface area contributed by atoms with E-state index in [-0.39, 0.29) is 29.6 Å². The van der Waals surface area contributed by atoms with Crippen LogP contribution in [0, 0.1) is 0 Å². The van der Waals surface area contributed by atoms with Gasteiger partial charge in [0.25, 0.3) is 0 Å². The predicted molar refractivity (Wildman–Crippen MR) is 103 cm³/mol. The summed E-state index contributed by atoms with van der Waals surface area (Å²) in [5.74, 6) is -0.917. The van der Waals surface area contributed by atoms with E-state index in [2.05, 4.69) is 18.2 Å². The van der Waals surface area contributed by atoms with E-state index in [4.69, 9.17) is 9.84 Å². The monoisotopic (exact) mass is 367 g/mol. The summed E-state index contributed by atoms with van der Waals surface area (Å²) in [5, 5.41) is 8.84. The van der Waals surface area contributed by atoms with Crippen LogP contribution < -0.4 is 4.74 Å². The molecule has 3 rings (SSSR count). The number of hydrogen-bond acceptors (Lipinski definition) is 3. The Hall–Kier alpha value is -1.30. The van der Waals surface area contributed by atoms with E-state index in [1.54, 1.807) is 7.11 Å². The fourth-order valence-electron chi connectivity index (χ4n) is 3.86. The minimum atomic E-state index is -1.37. The first-order chi connectivity index (χ1) is 12.1. The van der Waals surface area contributed by atoms with Crippen LogP contribution in [0.3, 0.4) is 0 Å². The molecule has 26 heavy (non-hydrogen) atoms. The number of likely N-dealkylation sites (tertiary alicyclic amines) is 1. The number of nitrogens with zero attached hydrogens (tertiary/aromatic N) is 1. The quantitative estimate of drug-likeness (QED) is 0.659. The molecule has 1 saturated carbocycles. The molecule has 0 radical (unpaired) electrons. The summed E-state index contributed by atoms with van der Waals surface area (Å²) in [6, 6.07) is 6.31. The van der Waals surface area contributed by atoms with E-state index >= 15 is 0 Å². The molecular formula is C20H26NNaO4. The Bertz CT molecular complexity index is 685. The topological polar surface area (TPSA) is 66.8 Å². The van der Waals surface area contributed by atoms with Crippen molar-refractivity contribution < 1.29 is 19.4 Å². The normalized spacial score (nSPS) is 17.6. The van der Waals surface area contributed by atoms with Crippen LogP contribution in [0.5, 0.6) is 5.75 Å². The van der Waals surface area contributed by atoms with Gasteiger partial charge in [0.15, 0.2) is 0 Å². The summed E-state index contributed by atoms with van der Waals surface area (Å²) in [6.45, 7) is 0.997. The fraction of sp³-hybridized carbons (Fsp3) is 0.500. The maximum absolute atomic E-state index is 11.6. The molecule has 6 heteroatoms. The SMILES string of the molecule is COc1ccc(C2CCN(C(=O)C(=O)O)CC2)cc1C=C1CCCC1.[NaH].